The number of rotatable bonds is 3. The second-order valence-electron chi connectivity index (χ2n) is 9.97. The first-order chi connectivity index (χ1) is 18.3. The topological polar surface area (TPSA) is 180 Å². The van der Waals surface area contributed by atoms with Crippen LogP contribution in [0.4, 0.5) is 4.79 Å². The lowest BCUT2D eigenvalue weighted by Crippen LogP contribution is -2.37. The Balaban J connectivity index is 2.58. The highest BCUT2D eigenvalue weighted by Gasteiger charge is 2.32. The van der Waals surface area contributed by atoms with Crippen molar-refractivity contribution in [1.82, 2.24) is 5.32 Å². The summed E-state index contributed by atoms with van der Waals surface area (Å²) in [5.41, 5.74) is 11.9. The molecule has 2 rings (SSSR count). The van der Waals surface area contributed by atoms with Gasteiger partial charge in [-0.2, -0.15) is 0 Å². The molecule has 2 aliphatic rings. The van der Waals surface area contributed by atoms with Gasteiger partial charge in [0, 0.05) is 37.4 Å². The van der Waals surface area contributed by atoms with Crippen LogP contribution in [0.15, 0.2) is 58.5 Å². The molecule has 0 aromatic rings. The van der Waals surface area contributed by atoms with Gasteiger partial charge in [0.15, 0.2) is 6.10 Å². The minimum absolute atomic E-state index is 0.104. The van der Waals surface area contributed by atoms with E-state index in [1.807, 2.05) is 6.92 Å². The SMILES string of the molecule is CO[C@@H]1C=CC=C(C)C(=O)NC2=CC(=O)C(N)=C(C[C@@H](C)C[C@@H](OC)[C@@H](O)[C@@H](C)C=C(C)[C@@H]1OC(N)=O)C2=O. The van der Waals surface area contributed by atoms with Crippen LogP contribution in [0.1, 0.15) is 40.5 Å². The standard InChI is InChI=1S/C28H39N3O8/c1-14-10-18-23(29)20(32)13-19(25(18)34)31-27(35)15(2)8-7-9-21(37-5)26(39-28(30)36)17(4)12-16(3)24(33)22(11-14)38-6/h7-9,12-14,16,21-22,24,26,33H,10-11,29H2,1-6H3,(H2,30,36)(H,31,35)/t14-,16+,21-,22-,24+,26+/m1/s1. The zero-order valence-corrected chi connectivity index (χ0v) is 23.2. The molecule has 0 fully saturated rings. The van der Waals surface area contributed by atoms with Crippen molar-refractivity contribution in [3.05, 3.63) is 58.5 Å². The van der Waals surface area contributed by atoms with Gasteiger partial charge in [-0.1, -0.05) is 38.2 Å². The molecule has 0 aromatic carbocycles. The molecule has 214 valence electrons. The normalized spacial score (nSPS) is 29.8. The molecule has 0 radical (unpaired) electrons. The molecular formula is C28H39N3O8. The Bertz CT molecular complexity index is 1130. The van der Waals surface area contributed by atoms with Crippen LogP contribution in [0.25, 0.3) is 0 Å². The van der Waals surface area contributed by atoms with Crippen LogP contribution in [-0.2, 0) is 28.6 Å². The van der Waals surface area contributed by atoms with E-state index in [4.69, 9.17) is 25.7 Å². The Hall–Kier alpha value is -3.54. The number of ether oxygens (including phenoxy) is 3. The van der Waals surface area contributed by atoms with Crippen molar-refractivity contribution in [2.45, 2.75) is 65.0 Å². The van der Waals surface area contributed by atoms with Gasteiger partial charge in [-0.25, -0.2) is 4.79 Å². The highest BCUT2D eigenvalue weighted by molar-refractivity contribution is 6.23. The number of allylic oxidation sites excluding steroid dienone is 4. The maximum atomic E-state index is 13.2. The van der Waals surface area contributed by atoms with E-state index in [0.717, 1.165) is 6.08 Å². The third-order valence-corrected chi connectivity index (χ3v) is 6.84. The molecule has 2 bridgehead atoms. The number of amides is 2. The Kier molecular flexibility index (Phi) is 11.4. The van der Waals surface area contributed by atoms with Crippen molar-refractivity contribution in [2.75, 3.05) is 14.2 Å². The first-order valence-electron chi connectivity index (χ1n) is 12.6. The van der Waals surface area contributed by atoms with Gasteiger partial charge in [0.1, 0.15) is 6.10 Å². The molecule has 0 aromatic heterocycles. The Morgan fingerprint density at radius 3 is 2.38 bits per heavy atom. The number of ketones is 2. The highest BCUT2D eigenvalue weighted by Crippen LogP contribution is 2.28. The van der Waals surface area contributed by atoms with E-state index in [1.165, 1.54) is 33.3 Å². The van der Waals surface area contributed by atoms with Crippen LogP contribution in [0.3, 0.4) is 0 Å². The molecule has 39 heavy (non-hydrogen) atoms. The average molecular weight is 546 g/mol. The number of carbonyl (C=O) groups excluding carboxylic acids is 4. The molecule has 0 spiro atoms. The van der Waals surface area contributed by atoms with Crippen molar-refractivity contribution in [2.24, 2.45) is 23.3 Å². The van der Waals surface area contributed by atoms with E-state index in [2.05, 4.69) is 5.32 Å². The molecule has 11 nitrogen and oxygen atoms in total. The number of hydrogen-bond donors (Lipinski definition) is 4. The van der Waals surface area contributed by atoms with Crippen LogP contribution < -0.4 is 16.8 Å². The molecule has 1 aliphatic carbocycles. The van der Waals surface area contributed by atoms with E-state index in [1.54, 1.807) is 26.0 Å². The Morgan fingerprint density at radius 2 is 1.79 bits per heavy atom. The van der Waals surface area contributed by atoms with Gasteiger partial charge in [0.05, 0.1) is 23.6 Å². The van der Waals surface area contributed by atoms with E-state index >= 15 is 0 Å². The molecule has 1 aliphatic heterocycles. The molecule has 2 amide bonds. The molecule has 1 heterocycles. The summed E-state index contributed by atoms with van der Waals surface area (Å²) in [6.07, 6.45) is 3.55. The summed E-state index contributed by atoms with van der Waals surface area (Å²) in [5, 5.41) is 13.6. The molecule has 11 heteroatoms. The van der Waals surface area contributed by atoms with E-state index in [0.29, 0.717) is 12.0 Å². The van der Waals surface area contributed by atoms with Gasteiger partial charge in [-0.05, 0) is 38.2 Å². The second kappa shape index (κ2) is 14.0. The Morgan fingerprint density at radius 1 is 1.13 bits per heavy atom. The number of Topliss-reactive ketones (excluding diaryl/α,β-unsaturated/α-hetero) is 1. The first-order valence-corrected chi connectivity index (χ1v) is 12.6. The van der Waals surface area contributed by atoms with Crippen LogP contribution in [-0.4, -0.2) is 67.3 Å². The van der Waals surface area contributed by atoms with Gasteiger partial charge in [0.25, 0.3) is 5.91 Å². The van der Waals surface area contributed by atoms with Crippen LogP contribution in [0.5, 0.6) is 0 Å². The minimum atomic E-state index is -1.00. The largest absolute Gasteiger partial charge is 0.439 e. The third-order valence-electron chi connectivity index (χ3n) is 6.84. The summed E-state index contributed by atoms with van der Waals surface area (Å²) in [7, 11) is 2.90. The first kappa shape index (κ1) is 31.7. The number of carbonyl (C=O) groups is 4. The average Bonchev–Trinajstić information content (AvgIpc) is 2.88. The second-order valence-corrected chi connectivity index (χ2v) is 9.97. The fourth-order valence-electron chi connectivity index (χ4n) is 4.61. The molecule has 0 unspecified atom stereocenters. The fourth-order valence-corrected chi connectivity index (χ4v) is 4.61. The predicted molar refractivity (Wildman–Crippen MR) is 144 cm³/mol. The lowest BCUT2D eigenvalue weighted by Gasteiger charge is -2.29. The summed E-state index contributed by atoms with van der Waals surface area (Å²) < 4.78 is 16.4. The fraction of sp³-hybridized carbons (Fsp3) is 0.500. The van der Waals surface area contributed by atoms with Gasteiger partial charge < -0.3 is 36.1 Å². The number of hydrogen-bond acceptors (Lipinski definition) is 9. The molecular weight excluding hydrogens is 506 g/mol. The summed E-state index contributed by atoms with van der Waals surface area (Å²) in [4.78, 5) is 50.1. The number of methoxy groups -OCH3 is 2. The van der Waals surface area contributed by atoms with E-state index < -0.39 is 53.9 Å². The number of aliphatic hydroxyl groups is 1. The maximum absolute atomic E-state index is 13.2. The van der Waals surface area contributed by atoms with Crippen molar-refractivity contribution < 1.29 is 38.5 Å². The maximum Gasteiger partial charge on any atom is 0.405 e. The molecule has 0 saturated carbocycles. The number of nitrogens with two attached hydrogens (primary N) is 2. The number of fused-ring (bicyclic) bond motifs is 2. The zero-order chi connectivity index (χ0) is 29.4. The molecule has 0 saturated heterocycles. The van der Waals surface area contributed by atoms with Crippen molar-refractivity contribution in [3.63, 3.8) is 0 Å². The lowest BCUT2D eigenvalue weighted by atomic mass is 9.85. The van der Waals surface area contributed by atoms with Crippen LogP contribution in [0.2, 0.25) is 0 Å². The molecule has 6 atom stereocenters. The Labute approximate surface area is 228 Å². The summed E-state index contributed by atoms with van der Waals surface area (Å²) in [5.74, 6) is -2.37. The third kappa shape index (κ3) is 8.22. The van der Waals surface area contributed by atoms with Crippen molar-refractivity contribution >= 4 is 23.6 Å². The summed E-state index contributed by atoms with van der Waals surface area (Å²) in [6, 6.07) is 0. The number of nitrogens with one attached hydrogen (secondary N) is 1. The quantitative estimate of drug-likeness (QED) is 0.303. The smallest absolute Gasteiger partial charge is 0.405 e. The van der Waals surface area contributed by atoms with Crippen LogP contribution >= 0.6 is 0 Å². The minimum Gasteiger partial charge on any atom is -0.439 e. The lowest BCUT2D eigenvalue weighted by molar-refractivity contribution is -0.120. The highest BCUT2D eigenvalue weighted by atomic mass is 16.6. The zero-order valence-electron chi connectivity index (χ0n) is 23.2. The van der Waals surface area contributed by atoms with Gasteiger partial charge >= 0.3 is 6.09 Å². The van der Waals surface area contributed by atoms with Gasteiger partial charge in [0.2, 0.25) is 11.6 Å². The predicted octanol–water partition coefficient (Wildman–Crippen LogP) is 1.72. The van der Waals surface area contributed by atoms with Crippen molar-refractivity contribution in [1.29, 1.82) is 0 Å². The summed E-state index contributed by atoms with van der Waals surface area (Å²) in [6.45, 7) is 6.89. The summed E-state index contributed by atoms with van der Waals surface area (Å²) >= 11 is 0. The number of primary amides is 1. The van der Waals surface area contributed by atoms with Gasteiger partial charge in [-0.3, -0.25) is 14.4 Å². The van der Waals surface area contributed by atoms with Crippen LogP contribution in [0, 0.1) is 11.8 Å². The number of aliphatic hydroxyl groups excluding tert-OH is 1. The van der Waals surface area contributed by atoms with Gasteiger partial charge in [-0.15, -0.1) is 0 Å². The van der Waals surface area contributed by atoms with E-state index in [-0.39, 0.29) is 34.9 Å². The van der Waals surface area contributed by atoms with E-state index in [9.17, 15) is 24.3 Å². The van der Waals surface area contributed by atoms with Crippen molar-refractivity contribution in [3.8, 4) is 0 Å². The monoisotopic (exact) mass is 545 g/mol. The molecule has 6 N–H and O–H groups in total.